The maximum atomic E-state index is 12.6. The summed E-state index contributed by atoms with van der Waals surface area (Å²) in [6.07, 6.45) is 3.12. The molecule has 2 aliphatic heterocycles. The Bertz CT molecular complexity index is 563. The lowest BCUT2D eigenvalue weighted by molar-refractivity contribution is -0.134. The zero-order chi connectivity index (χ0) is 17.8. The number of piperidine rings is 1. The molecule has 0 bridgehead atoms. The molecule has 0 radical (unpaired) electrons. The van der Waals surface area contributed by atoms with Gasteiger partial charge in [0.1, 0.15) is 5.76 Å². The fourth-order valence-electron chi connectivity index (χ4n) is 4.09. The van der Waals surface area contributed by atoms with E-state index in [9.17, 15) is 4.79 Å². The molecule has 2 saturated heterocycles. The van der Waals surface area contributed by atoms with Crippen molar-refractivity contribution in [1.29, 1.82) is 0 Å². The highest BCUT2D eigenvalue weighted by molar-refractivity contribution is 5.85. The number of hydrogen-bond donors (Lipinski definition) is 1. The van der Waals surface area contributed by atoms with Crippen LogP contribution < -0.4 is 5.32 Å². The van der Waals surface area contributed by atoms with Crippen molar-refractivity contribution in [3.05, 3.63) is 17.0 Å². The van der Waals surface area contributed by atoms with Crippen LogP contribution in [0.25, 0.3) is 0 Å². The lowest BCUT2D eigenvalue weighted by Gasteiger charge is -2.36. The third-order valence-corrected chi connectivity index (χ3v) is 5.97. The molecule has 2 aliphatic rings. The second kappa shape index (κ2) is 11.2. The standard InChI is InChI=1S/C19H32N4O2.2ClH/c1-14(17-4-6-20-7-5-17)12-19(24)23-10-8-22(9-11-23)13-18-15(2)21-25-16(18)3;;/h14,17,20H,4-13H2,1-3H3;2*1H. The van der Waals surface area contributed by atoms with Crippen molar-refractivity contribution in [3.8, 4) is 0 Å². The minimum Gasteiger partial charge on any atom is -0.361 e. The monoisotopic (exact) mass is 420 g/mol. The summed E-state index contributed by atoms with van der Waals surface area (Å²) >= 11 is 0. The van der Waals surface area contributed by atoms with Gasteiger partial charge in [0.25, 0.3) is 0 Å². The molecule has 6 nitrogen and oxygen atoms in total. The van der Waals surface area contributed by atoms with E-state index in [0.29, 0.717) is 24.2 Å². The molecule has 1 atom stereocenters. The van der Waals surface area contributed by atoms with Crippen molar-refractivity contribution in [1.82, 2.24) is 20.3 Å². The average Bonchev–Trinajstić information content (AvgIpc) is 2.95. The topological polar surface area (TPSA) is 61.6 Å². The van der Waals surface area contributed by atoms with E-state index < -0.39 is 0 Å². The molecule has 27 heavy (non-hydrogen) atoms. The molecule has 1 aromatic heterocycles. The van der Waals surface area contributed by atoms with Crippen molar-refractivity contribution in [2.45, 2.75) is 46.6 Å². The van der Waals surface area contributed by atoms with E-state index in [1.165, 1.54) is 18.4 Å². The van der Waals surface area contributed by atoms with Gasteiger partial charge >= 0.3 is 0 Å². The number of amides is 1. The number of aromatic nitrogens is 1. The number of carbonyl (C=O) groups excluding carboxylic acids is 1. The first kappa shape index (κ1) is 24.2. The lowest BCUT2D eigenvalue weighted by Crippen LogP contribution is -2.48. The Morgan fingerprint density at radius 3 is 2.37 bits per heavy atom. The highest BCUT2D eigenvalue weighted by atomic mass is 35.5. The van der Waals surface area contributed by atoms with Crippen LogP contribution in [0.2, 0.25) is 0 Å². The summed E-state index contributed by atoms with van der Waals surface area (Å²) in [5.41, 5.74) is 2.17. The molecule has 156 valence electrons. The molecule has 3 heterocycles. The van der Waals surface area contributed by atoms with Gasteiger partial charge in [-0.05, 0) is 51.6 Å². The van der Waals surface area contributed by atoms with Gasteiger partial charge in [-0.25, -0.2) is 0 Å². The average molecular weight is 421 g/mol. The van der Waals surface area contributed by atoms with Crippen LogP contribution in [0.3, 0.4) is 0 Å². The third kappa shape index (κ3) is 6.34. The largest absolute Gasteiger partial charge is 0.361 e. The zero-order valence-corrected chi connectivity index (χ0v) is 18.3. The Hall–Kier alpha value is -0.820. The fourth-order valence-corrected chi connectivity index (χ4v) is 4.09. The van der Waals surface area contributed by atoms with Crippen molar-refractivity contribution < 1.29 is 9.32 Å². The molecule has 0 saturated carbocycles. The van der Waals surface area contributed by atoms with E-state index in [1.807, 2.05) is 13.8 Å². The Labute approximate surface area is 175 Å². The number of nitrogens with zero attached hydrogens (tertiary/aromatic N) is 3. The van der Waals surface area contributed by atoms with Gasteiger partial charge in [0.05, 0.1) is 5.69 Å². The summed E-state index contributed by atoms with van der Waals surface area (Å²) in [5, 5.41) is 7.44. The summed E-state index contributed by atoms with van der Waals surface area (Å²) < 4.78 is 5.25. The predicted molar refractivity (Wildman–Crippen MR) is 112 cm³/mol. The first-order valence-electron chi connectivity index (χ1n) is 9.67. The van der Waals surface area contributed by atoms with Crippen LogP contribution in [0.1, 0.15) is 43.2 Å². The summed E-state index contributed by atoms with van der Waals surface area (Å²) in [4.78, 5) is 17.1. The summed E-state index contributed by atoms with van der Waals surface area (Å²) in [6.45, 7) is 12.8. The van der Waals surface area contributed by atoms with Crippen LogP contribution in [-0.4, -0.2) is 60.1 Å². The van der Waals surface area contributed by atoms with E-state index in [0.717, 1.165) is 57.3 Å². The molecule has 1 unspecified atom stereocenters. The van der Waals surface area contributed by atoms with Crippen LogP contribution in [0, 0.1) is 25.7 Å². The maximum Gasteiger partial charge on any atom is 0.222 e. The Morgan fingerprint density at radius 1 is 1.19 bits per heavy atom. The smallest absolute Gasteiger partial charge is 0.222 e. The number of nitrogens with one attached hydrogen (secondary N) is 1. The van der Waals surface area contributed by atoms with Gasteiger partial charge in [0.15, 0.2) is 0 Å². The number of rotatable bonds is 5. The summed E-state index contributed by atoms with van der Waals surface area (Å²) in [7, 11) is 0. The minimum atomic E-state index is 0. The number of aryl methyl sites for hydroxylation is 2. The number of piperazine rings is 1. The predicted octanol–water partition coefficient (Wildman–Crippen LogP) is 2.81. The number of halogens is 2. The molecule has 0 aromatic carbocycles. The van der Waals surface area contributed by atoms with Gasteiger partial charge < -0.3 is 14.7 Å². The lowest BCUT2D eigenvalue weighted by atomic mass is 9.84. The first-order valence-corrected chi connectivity index (χ1v) is 9.67. The molecule has 3 rings (SSSR count). The summed E-state index contributed by atoms with van der Waals surface area (Å²) in [5.74, 6) is 2.44. The normalized spacial score (nSPS) is 19.9. The van der Waals surface area contributed by atoms with Crippen molar-refractivity contribution >= 4 is 30.7 Å². The minimum absolute atomic E-state index is 0. The van der Waals surface area contributed by atoms with Gasteiger partial charge in [-0.1, -0.05) is 12.1 Å². The Balaban J connectivity index is 0.00000182. The Kier molecular flexibility index (Phi) is 10.1. The van der Waals surface area contributed by atoms with Gasteiger partial charge in [0.2, 0.25) is 5.91 Å². The van der Waals surface area contributed by atoms with Crippen LogP contribution in [0.15, 0.2) is 4.52 Å². The van der Waals surface area contributed by atoms with Gasteiger partial charge in [-0.2, -0.15) is 0 Å². The molecule has 0 spiro atoms. The molecule has 1 amide bonds. The van der Waals surface area contributed by atoms with Crippen molar-refractivity contribution in [2.75, 3.05) is 39.3 Å². The second-order valence-electron chi connectivity index (χ2n) is 7.73. The summed E-state index contributed by atoms with van der Waals surface area (Å²) in [6, 6.07) is 0. The van der Waals surface area contributed by atoms with Crippen LogP contribution in [0.5, 0.6) is 0 Å². The molecule has 2 fully saturated rings. The Morgan fingerprint density at radius 2 is 1.81 bits per heavy atom. The van der Waals surface area contributed by atoms with E-state index >= 15 is 0 Å². The van der Waals surface area contributed by atoms with E-state index in [-0.39, 0.29) is 24.8 Å². The second-order valence-corrected chi connectivity index (χ2v) is 7.73. The van der Waals surface area contributed by atoms with Crippen LogP contribution >= 0.6 is 24.8 Å². The molecule has 8 heteroatoms. The van der Waals surface area contributed by atoms with Crippen LogP contribution in [0.4, 0.5) is 0 Å². The van der Waals surface area contributed by atoms with Crippen LogP contribution in [-0.2, 0) is 11.3 Å². The first-order chi connectivity index (χ1) is 12.0. The quantitative estimate of drug-likeness (QED) is 0.792. The van der Waals surface area contributed by atoms with Crippen molar-refractivity contribution in [2.24, 2.45) is 11.8 Å². The number of carbonyl (C=O) groups is 1. The SMILES string of the molecule is Cc1noc(C)c1CN1CCN(C(=O)CC(C)C2CCNCC2)CC1.Cl.Cl. The fraction of sp³-hybridized carbons (Fsp3) is 0.789. The molecule has 1 aromatic rings. The van der Waals surface area contributed by atoms with E-state index in [1.54, 1.807) is 0 Å². The molecular formula is C19H34Cl2N4O2. The third-order valence-electron chi connectivity index (χ3n) is 5.97. The zero-order valence-electron chi connectivity index (χ0n) is 16.7. The molecule has 0 aliphatic carbocycles. The van der Waals surface area contributed by atoms with E-state index in [2.05, 4.69) is 27.2 Å². The maximum absolute atomic E-state index is 12.6. The van der Waals surface area contributed by atoms with Gasteiger partial charge in [-0.15, -0.1) is 24.8 Å². The highest BCUT2D eigenvalue weighted by Crippen LogP contribution is 2.25. The molecule has 1 N–H and O–H groups in total. The van der Waals surface area contributed by atoms with Crippen molar-refractivity contribution in [3.63, 3.8) is 0 Å². The highest BCUT2D eigenvalue weighted by Gasteiger charge is 2.27. The number of hydrogen-bond acceptors (Lipinski definition) is 5. The molecular weight excluding hydrogens is 387 g/mol. The van der Waals surface area contributed by atoms with E-state index in [4.69, 9.17) is 4.52 Å². The van der Waals surface area contributed by atoms with Gasteiger partial charge in [0, 0.05) is 44.7 Å². The van der Waals surface area contributed by atoms with Gasteiger partial charge in [-0.3, -0.25) is 9.69 Å².